The van der Waals surface area contributed by atoms with Crippen LogP contribution in [0.4, 0.5) is 4.79 Å². The SMILES string of the molecule is CC1CC(C)C(C)N(C(=O)NC2CCCC(C(=O)O)C2)C1. The van der Waals surface area contributed by atoms with Crippen LogP contribution in [-0.2, 0) is 4.79 Å². The monoisotopic (exact) mass is 296 g/mol. The summed E-state index contributed by atoms with van der Waals surface area (Å²) >= 11 is 0. The fraction of sp³-hybridized carbons (Fsp3) is 0.875. The van der Waals surface area contributed by atoms with Gasteiger partial charge in [0.1, 0.15) is 0 Å². The highest BCUT2D eigenvalue weighted by Crippen LogP contribution is 2.28. The molecule has 5 unspecified atom stereocenters. The third kappa shape index (κ3) is 3.89. The summed E-state index contributed by atoms with van der Waals surface area (Å²) < 4.78 is 0. The van der Waals surface area contributed by atoms with Crippen LogP contribution >= 0.6 is 0 Å². The van der Waals surface area contributed by atoms with Crippen molar-refractivity contribution in [3.05, 3.63) is 0 Å². The van der Waals surface area contributed by atoms with E-state index in [1.165, 1.54) is 0 Å². The zero-order chi connectivity index (χ0) is 15.6. The highest BCUT2D eigenvalue weighted by Gasteiger charge is 2.34. The van der Waals surface area contributed by atoms with Gasteiger partial charge in [0.25, 0.3) is 0 Å². The molecule has 5 heteroatoms. The second-order valence-corrected chi connectivity index (χ2v) is 7.06. The predicted molar refractivity (Wildman–Crippen MR) is 81.0 cm³/mol. The summed E-state index contributed by atoms with van der Waals surface area (Å²) in [5, 5.41) is 12.2. The first-order valence-electron chi connectivity index (χ1n) is 8.18. The first-order valence-corrected chi connectivity index (χ1v) is 8.18. The summed E-state index contributed by atoms with van der Waals surface area (Å²) in [7, 11) is 0. The molecule has 2 N–H and O–H groups in total. The quantitative estimate of drug-likeness (QED) is 0.823. The van der Waals surface area contributed by atoms with Gasteiger partial charge in [0.2, 0.25) is 0 Å². The first kappa shape index (κ1) is 16.1. The molecule has 5 nitrogen and oxygen atoms in total. The molecule has 2 aliphatic rings. The van der Waals surface area contributed by atoms with E-state index in [1.54, 1.807) is 0 Å². The number of nitrogens with one attached hydrogen (secondary N) is 1. The average Bonchev–Trinajstić information content (AvgIpc) is 2.43. The minimum atomic E-state index is -0.734. The van der Waals surface area contributed by atoms with Crippen molar-refractivity contribution in [3.8, 4) is 0 Å². The van der Waals surface area contributed by atoms with E-state index in [9.17, 15) is 9.59 Å². The van der Waals surface area contributed by atoms with Crippen molar-refractivity contribution < 1.29 is 14.7 Å². The Labute approximate surface area is 127 Å². The number of aliphatic carboxylic acids is 1. The fourth-order valence-electron chi connectivity index (χ4n) is 3.79. The molecule has 21 heavy (non-hydrogen) atoms. The van der Waals surface area contributed by atoms with Crippen LogP contribution in [0, 0.1) is 17.8 Å². The Morgan fingerprint density at radius 3 is 2.52 bits per heavy atom. The molecule has 2 amide bonds. The van der Waals surface area contributed by atoms with Gasteiger partial charge in [0.05, 0.1) is 5.92 Å². The molecule has 0 aromatic rings. The van der Waals surface area contributed by atoms with Gasteiger partial charge in [0, 0.05) is 18.6 Å². The summed E-state index contributed by atoms with van der Waals surface area (Å²) in [5.41, 5.74) is 0. The van der Waals surface area contributed by atoms with Gasteiger partial charge in [-0.05, 0) is 44.4 Å². The van der Waals surface area contributed by atoms with Crippen molar-refractivity contribution in [1.29, 1.82) is 0 Å². The lowest BCUT2D eigenvalue weighted by Gasteiger charge is -2.42. The van der Waals surface area contributed by atoms with Gasteiger partial charge in [-0.25, -0.2) is 4.79 Å². The van der Waals surface area contributed by atoms with Gasteiger partial charge >= 0.3 is 12.0 Å². The van der Waals surface area contributed by atoms with E-state index < -0.39 is 5.97 Å². The average molecular weight is 296 g/mol. The Kier molecular flexibility index (Phi) is 5.12. The smallest absolute Gasteiger partial charge is 0.317 e. The van der Waals surface area contributed by atoms with Crippen LogP contribution in [0.25, 0.3) is 0 Å². The lowest BCUT2D eigenvalue weighted by molar-refractivity contribution is -0.143. The Hall–Kier alpha value is -1.26. The van der Waals surface area contributed by atoms with E-state index in [2.05, 4.69) is 26.1 Å². The lowest BCUT2D eigenvalue weighted by Crippen LogP contribution is -2.55. The Bertz CT molecular complexity index is 399. The Balaban J connectivity index is 1.92. The lowest BCUT2D eigenvalue weighted by atomic mass is 9.85. The maximum Gasteiger partial charge on any atom is 0.317 e. The molecule has 1 saturated carbocycles. The number of nitrogens with zero attached hydrogens (tertiary/aromatic N) is 1. The van der Waals surface area contributed by atoms with Crippen molar-refractivity contribution in [2.45, 2.75) is 65.0 Å². The van der Waals surface area contributed by atoms with Crippen LogP contribution in [-0.4, -0.2) is 40.6 Å². The first-order chi connectivity index (χ1) is 9.88. The number of likely N-dealkylation sites (tertiary alicyclic amines) is 1. The molecule has 0 spiro atoms. The van der Waals surface area contributed by atoms with E-state index in [1.807, 2.05) is 4.90 Å². The second kappa shape index (κ2) is 6.67. The zero-order valence-corrected chi connectivity index (χ0v) is 13.3. The van der Waals surface area contributed by atoms with Crippen LogP contribution in [0.3, 0.4) is 0 Å². The number of urea groups is 1. The van der Waals surface area contributed by atoms with E-state index >= 15 is 0 Å². The van der Waals surface area contributed by atoms with Gasteiger partial charge in [-0.3, -0.25) is 4.79 Å². The van der Waals surface area contributed by atoms with Crippen molar-refractivity contribution in [2.75, 3.05) is 6.54 Å². The molecule has 1 saturated heterocycles. The normalized spacial score (nSPS) is 37.1. The third-order valence-corrected chi connectivity index (χ3v) is 5.21. The van der Waals surface area contributed by atoms with Crippen LogP contribution in [0.1, 0.15) is 52.9 Å². The minimum absolute atomic E-state index is 0.00656. The second-order valence-electron chi connectivity index (χ2n) is 7.06. The summed E-state index contributed by atoms with van der Waals surface area (Å²) in [6, 6.07) is 0.240. The zero-order valence-electron chi connectivity index (χ0n) is 13.3. The van der Waals surface area contributed by atoms with Gasteiger partial charge in [-0.2, -0.15) is 0 Å². The fourth-order valence-corrected chi connectivity index (χ4v) is 3.79. The molecular formula is C16H28N2O3. The molecule has 120 valence electrons. The van der Waals surface area contributed by atoms with E-state index in [0.29, 0.717) is 18.3 Å². The third-order valence-electron chi connectivity index (χ3n) is 5.21. The van der Waals surface area contributed by atoms with Crippen LogP contribution in [0.5, 0.6) is 0 Å². The summed E-state index contributed by atoms with van der Waals surface area (Å²) in [5.74, 6) is 0.000841. The largest absolute Gasteiger partial charge is 0.481 e. The summed E-state index contributed by atoms with van der Waals surface area (Å²) in [6.07, 6.45) is 4.23. The topological polar surface area (TPSA) is 69.6 Å². The number of amides is 2. The number of piperidine rings is 1. The van der Waals surface area contributed by atoms with Gasteiger partial charge < -0.3 is 15.3 Å². The van der Waals surface area contributed by atoms with E-state index in [-0.39, 0.29) is 24.0 Å². The van der Waals surface area contributed by atoms with Crippen LogP contribution in [0.15, 0.2) is 0 Å². The highest BCUT2D eigenvalue weighted by molar-refractivity contribution is 5.75. The molecule has 5 atom stereocenters. The number of rotatable bonds is 2. The molecule has 0 aromatic carbocycles. The van der Waals surface area contributed by atoms with E-state index in [4.69, 9.17) is 5.11 Å². The Morgan fingerprint density at radius 2 is 1.86 bits per heavy atom. The maximum absolute atomic E-state index is 12.5. The Morgan fingerprint density at radius 1 is 1.14 bits per heavy atom. The number of hydrogen-bond donors (Lipinski definition) is 2. The molecule has 0 radical (unpaired) electrons. The molecule has 1 aliphatic carbocycles. The maximum atomic E-state index is 12.5. The molecule has 2 rings (SSSR count). The standard InChI is InChI=1S/C16H28N2O3/c1-10-7-11(2)12(3)18(9-10)16(21)17-14-6-4-5-13(8-14)15(19)20/h10-14H,4-9H2,1-3H3,(H,17,21)(H,19,20). The van der Waals surface area contributed by atoms with Crippen LogP contribution < -0.4 is 5.32 Å². The molecular weight excluding hydrogens is 268 g/mol. The molecule has 0 bridgehead atoms. The molecule has 1 heterocycles. The van der Waals surface area contributed by atoms with E-state index in [0.717, 1.165) is 32.2 Å². The van der Waals surface area contributed by atoms with Crippen LogP contribution in [0.2, 0.25) is 0 Å². The number of carbonyl (C=O) groups excluding carboxylic acids is 1. The summed E-state index contributed by atoms with van der Waals surface area (Å²) in [4.78, 5) is 25.5. The van der Waals surface area contributed by atoms with Gasteiger partial charge in [-0.1, -0.05) is 20.3 Å². The highest BCUT2D eigenvalue weighted by atomic mass is 16.4. The van der Waals surface area contributed by atoms with Gasteiger partial charge in [-0.15, -0.1) is 0 Å². The van der Waals surface area contributed by atoms with Crippen molar-refractivity contribution >= 4 is 12.0 Å². The number of hydrogen-bond acceptors (Lipinski definition) is 2. The molecule has 2 fully saturated rings. The van der Waals surface area contributed by atoms with Gasteiger partial charge in [0.15, 0.2) is 0 Å². The molecule has 0 aromatic heterocycles. The number of carboxylic acid groups (broad SMARTS) is 1. The van der Waals surface area contributed by atoms with Crippen molar-refractivity contribution in [2.24, 2.45) is 17.8 Å². The van der Waals surface area contributed by atoms with Crippen molar-refractivity contribution in [3.63, 3.8) is 0 Å². The number of carboxylic acids is 1. The summed E-state index contributed by atoms with van der Waals surface area (Å²) in [6.45, 7) is 7.29. The number of carbonyl (C=O) groups is 2. The predicted octanol–water partition coefficient (Wildman–Crippen LogP) is 2.71. The minimum Gasteiger partial charge on any atom is -0.481 e. The molecule has 1 aliphatic heterocycles. The van der Waals surface area contributed by atoms with Crippen molar-refractivity contribution in [1.82, 2.24) is 10.2 Å².